The molecule has 0 aliphatic carbocycles. The van der Waals surface area contributed by atoms with E-state index < -0.39 is 5.97 Å². The van der Waals surface area contributed by atoms with Crippen LogP contribution in [-0.4, -0.2) is 23.8 Å². The molecule has 0 aliphatic rings. The Kier molecular flexibility index (Phi) is 8.24. The van der Waals surface area contributed by atoms with Crippen LogP contribution in [0, 0.1) is 0 Å². The highest BCUT2D eigenvalue weighted by molar-refractivity contribution is 5.66. The second kappa shape index (κ2) is 8.75. The number of carbonyl (C=O) groups is 1. The third kappa shape index (κ3) is 7.80. The van der Waals surface area contributed by atoms with E-state index in [2.05, 4.69) is 13.5 Å². The molecule has 0 aromatic rings. The number of ether oxygens (including phenoxy) is 1. The van der Waals surface area contributed by atoms with E-state index in [1.54, 1.807) is 6.08 Å². The first-order valence-electron chi connectivity index (χ1n) is 5.16. The molecule has 0 aliphatic heterocycles. The minimum Gasteiger partial charge on any atom is -0.481 e. The maximum absolute atomic E-state index is 10.3. The Balaban J connectivity index is 3.47. The molecule has 1 unspecified atom stereocenters. The van der Waals surface area contributed by atoms with Gasteiger partial charge in [0.15, 0.2) is 0 Å². The minimum absolute atomic E-state index is 0.108. The lowest BCUT2D eigenvalue weighted by atomic mass is 10.2. The van der Waals surface area contributed by atoms with Gasteiger partial charge < -0.3 is 9.84 Å². The van der Waals surface area contributed by atoms with Crippen LogP contribution < -0.4 is 0 Å². The summed E-state index contributed by atoms with van der Waals surface area (Å²) < 4.78 is 5.46. The molecule has 0 spiro atoms. The van der Waals surface area contributed by atoms with Gasteiger partial charge in [-0.15, -0.1) is 6.58 Å². The predicted molar refractivity (Wildman–Crippen MR) is 56.3 cm³/mol. The van der Waals surface area contributed by atoms with Crippen molar-refractivity contribution in [3.8, 4) is 0 Å². The molecule has 3 nitrogen and oxygen atoms in total. The van der Waals surface area contributed by atoms with Crippen LogP contribution >= 0.6 is 0 Å². The number of unbranched alkanes of at least 4 members (excludes halogenated alkanes) is 2. The van der Waals surface area contributed by atoms with Gasteiger partial charge in [-0.05, 0) is 12.8 Å². The van der Waals surface area contributed by atoms with Crippen LogP contribution in [-0.2, 0) is 9.53 Å². The molecule has 0 rings (SSSR count). The van der Waals surface area contributed by atoms with E-state index in [0.29, 0.717) is 13.0 Å². The summed E-state index contributed by atoms with van der Waals surface area (Å²) in [6.07, 6.45) is 5.58. The largest absolute Gasteiger partial charge is 0.481 e. The standard InChI is InChI=1S/C11H20O3/c1-3-5-6-9-14-10(4-2)7-8-11(12)13/h4,10H,2-3,5-9H2,1H3,(H,12,13). The van der Waals surface area contributed by atoms with Gasteiger partial charge in [-0.2, -0.15) is 0 Å². The van der Waals surface area contributed by atoms with E-state index >= 15 is 0 Å². The third-order valence-corrected chi connectivity index (χ3v) is 1.99. The molecule has 82 valence electrons. The summed E-state index contributed by atoms with van der Waals surface area (Å²) in [5.41, 5.74) is 0. The lowest BCUT2D eigenvalue weighted by molar-refractivity contribution is -0.137. The molecule has 0 bridgehead atoms. The minimum atomic E-state index is -0.783. The quantitative estimate of drug-likeness (QED) is 0.459. The molecule has 1 atom stereocenters. The Labute approximate surface area is 85.8 Å². The van der Waals surface area contributed by atoms with Crippen LogP contribution in [0.1, 0.15) is 39.0 Å². The molecule has 14 heavy (non-hydrogen) atoms. The fraction of sp³-hybridized carbons (Fsp3) is 0.727. The second-order valence-electron chi connectivity index (χ2n) is 3.28. The number of hydrogen-bond acceptors (Lipinski definition) is 2. The fourth-order valence-electron chi connectivity index (χ4n) is 1.12. The van der Waals surface area contributed by atoms with Crippen LogP contribution in [0.4, 0.5) is 0 Å². The fourth-order valence-corrected chi connectivity index (χ4v) is 1.12. The van der Waals surface area contributed by atoms with E-state index in [9.17, 15) is 4.79 Å². The van der Waals surface area contributed by atoms with E-state index in [1.165, 1.54) is 0 Å². The van der Waals surface area contributed by atoms with Gasteiger partial charge >= 0.3 is 5.97 Å². The third-order valence-electron chi connectivity index (χ3n) is 1.99. The summed E-state index contributed by atoms with van der Waals surface area (Å²) in [6.45, 7) is 6.45. The van der Waals surface area contributed by atoms with Crippen molar-refractivity contribution in [1.82, 2.24) is 0 Å². The molecule has 3 heteroatoms. The predicted octanol–water partition coefficient (Wildman–Crippen LogP) is 2.61. The average Bonchev–Trinajstić information content (AvgIpc) is 2.16. The van der Waals surface area contributed by atoms with Crippen molar-refractivity contribution in [2.24, 2.45) is 0 Å². The summed E-state index contributed by atoms with van der Waals surface area (Å²) >= 11 is 0. The highest BCUT2D eigenvalue weighted by Crippen LogP contribution is 2.05. The van der Waals surface area contributed by atoms with Crippen molar-refractivity contribution >= 4 is 5.97 Å². The lowest BCUT2D eigenvalue weighted by Gasteiger charge is -2.12. The summed E-state index contributed by atoms with van der Waals surface area (Å²) in [6, 6.07) is 0. The van der Waals surface area contributed by atoms with E-state index in [1.807, 2.05) is 0 Å². The number of carboxylic acid groups (broad SMARTS) is 1. The number of rotatable bonds is 9. The molecule has 0 aromatic heterocycles. The molecule has 1 N–H and O–H groups in total. The zero-order valence-corrected chi connectivity index (χ0v) is 8.87. The van der Waals surface area contributed by atoms with Crippen molar-refractivity contribution in [2.75, 3.05) is 6.61 Å². The molecule has 0 heterocycles. The van der Waals surface area contributed by atoms with Crippen molar-refractivity contribution in [3.05, 3.63) is 12.7 Å². The lowest BCUT2D eigenvalue weighted by Crippen LogP contribution is -2.12. The maximum atomic E-state index is 10.3. The summed E-state index contributed by atoms with van der Waals surface area (Å²) in [5.74, 6) is -0.783. The smallest absolute Gasteiger partial charge is 0.303 e. The van der Waals surface area contributed by atoms with Gasteiger partial charge in [-0.3, -0.25) is 4.79 Å². The van der Waals surface area contributed by atoms with Gasteiger partial charge in [-0.25, -0.2) is 0 Å². The zero-order valence-electron chi connectivity index (χ0n) is 8.87. The normalized spacial score (nSPS) is 12.4. The molecule has 0 amide bonds. The number of aliphatic carboxylic acids is 1. The Hall–Kier alpha value is -0.830. The first-order valence-corrected chi connectivity index (χ1v) is 5.16. The van der Waals surface area contributed by atoms with Crippen molar-refractivity contribution in [2.45, 2.75) is 45.1 Å². The van der Waals surface area contributed by atoms with Crippen LogP contribution in [0.15, 0.2) is 12.7 Å². The monoisotopic (exact) mass is 200 g/mol. The molecule has 0 radical (unpaired) electrons. The molecular weight excluding hydrogens is 180 g/mol. The van der Waals surface area contributed by atoms with Gasteiger partial charge in [0.1, 0.15) is 0 Å². The second-order valence-corrected chi connectivity index (χ2v) is 3.28. The first-order chi connectivity index (χ1) is 6.70. The van der Waals surface area contributed by atoms with Crippen LogP contribution in [0.5, 0.6) is 0 Å². The molecule has 0 aromatic carbocycles. The Morgan fingerprint density at radius 3 is 2.79 bits per heavy atom. The highest BCUT2D eigenvalue weighted by Gasteiger charge is 2.06. The SMILES string of the molecule is C=CC(CCC(=O)O)OCCCCC. The van der Waals surface area contributed by atoms with Crippen molar-refractivity contribution < 1.29 is 14.6 Å². The average molecular weight is 200 g/mol. The van der Waals surface area contributed by atoms with Gasteiger partial charge in [0.25, 0.3) is 0 Å². The van der Waals surface area contributed by atoms with Gasteiger partial charge in [-0.1, -0.05) is 25.8 Å². The molecule has 0 saturated carbocycles. The Bertz CT molecular complexity index is 166. The van der Waals surface area contributed by atoms with Crippen LogP contribution in [0.25, 0.3) is 0 Å². The van der Waals surface area contributed by atoms with Gasteiger partial charge in [0.05, 0.1) is 6.10 Å². The topological polar surface area (TPSA) is 46.5 Å². The van der Waals surface area contributed by atoms with E-state index in [-0.39, 0.29) is 12.5 Å². The summed E-state index contributed by atoms with van der Waals surface area (Å²) in [5, 5.41) is 8.48. The van der Waals surface area contributed by atoms with Crippen LogP contribution in [0.3, 0.4) is 0 Å². The molecular formula is C11H20O3. The zero-order chi connectivity index (χ0) is 10.8. The van der Waals surface area contributed by atoms with Crippen LogP contribution in [0.2, 0.25) is 0 Å². The Morgan fingerprint density at radius 2 is 2.29 bits per heavy atom. The van der Waals surface area contributed by atoms with E-state index in [4.69, 9.17) is 9.84 Å². The number of carboxylic acids is 1. The number of hydrogen-bond donors (Lipinski definition) is 1. The van der Waals surface area contributed by atoms with E-state index in [0.717, 1.165) is 19.3 Å². The molecule has 0 fully saturated rings. The molecule has 0 saturated heterocycles. The van der Waals surface area contributed by atoms with Crippen molar-refractivity contribution in [3.63, 3.8) is 0 Å². The first kappa shape index (κ1) is 13.2. The van der Waals surface area contributed by atoms with Crippen molar-refractivity contribution in [1.29, 1.82) is 0 Å². The summed E-state index contributed by atoms with van der Waals surface area (Å²) in [4.78, 5) is 10.3. The summed E-state index contributed by atoms with van der Waals surface area (Å²) in [7, 11) is 0. The highest BCUT2D eigenvalue weighted by atomic mass is 16.5. The van der Waals surface area contributed by atoms with Gasteiger partial charge in [0.2, 0.25) is 0 Å². The Morgan fingerprint density at radius 1 is 1.57 bits per heavy atom. The van der Waals surface area contributed by atoms with Gasteiger partial charge in [0, 0.05) is 13.0 Å². The maximum Gasteiger partial charge on any atom is 0.303 e.